The molecule has 14 heavy (non-hydrogen) atoms. The second-order valence-corrected chi connectivity index (χ2v) is 6.46. The predicted octanol–water partition coefficient (Wildman–Crippen LogP) is 3.55. The van der Waals surface area contributed by atoms with Gasteiger partial charge in [0.2, 0.25) is 0 Å². The first kappa shape index (κ1) is 12.6. The van der Waals surface area contributed by atoms with Crippen LogP contribution < -0.4 is 5.32 Å². The van der Waals surface area contributed by atoms with Gasteiger partial charge in [-0.05, 0) is 19.1 Å². The van der Waals surface area contributed by atoms with Crippen LogP contribution in [0.4, 0.5) is 0 Å². The van der Waals surface area contributed by atoms with Gasteiger partial charge in [-0.3, -0.25) is 0 Å². The van der Waals surface area contributed by atoms with Crippen LogP contribution in [0.15, 0.2) is 11.1 Å². The second kappa shape index (κ2) is 6.19. The summed E-state index contributed by atoms with van der Waals surface area (Å²) in [6, 6.07) is 0. The minimum Gasteiger partial charge on any atom is -0.311 e. The van der Waals surface area contributed by atoms with Gasteiger partial charge in [-0.1, -0.05) is 41.8 Å². The predicted molar refractivity (Wildman–Crippen MR) is 70.3 cm³/mol. The Morgan fingerprint density at radius 3 is 2.57 bits per heavy atom. The van der Waals surface area contributed by atoms with Crippen LogP contribution in [0.1, 0.15) is 32.1 Å². The van der Waals surface area contributed by atoms with Gasteiger partial charge in [0, 0.05) is 22.3 Å². The third kappa shape index (κ3) is 3.95. The molecule has 0 bridgehead atoms. The highest BCUT2D eigenvalue weighted by atomic mass is 79.9. The van der Waals surface area contributed by atoms with Gasteiger partial charge >= 0.3 is 0 Å². The highest BCUT2D eigenvalue weighted by Crippen LogP contribution is 2.37. The van der Waals surface area contributed by atoms with E-state index in [9.17, 15) is 0 Å². The number of halogens is 1. The van der Waals surface area contributed by atoms with E-state index >= 15 is 0 Å². The topological polar surface area (TPSA) is 12.0 Å². The summed E-state index contributed by atoms with van der Waals surface area (Å²) in [6.07, 6.45) is 9.21. The van der Waals surface area contributed by atoms with Gasteiger partial charge in [0.25, 0.3) is 0 Å². The highest BCUT2D eigenvalue weighted by molar-refractivity contribution is 9.11. The number of hydrogen-bond donors (Lipinski definition) is 1. The molecule has 1 nitrogen and oxygen atoms in total. The summed E-state index contributed by atoms with van der Waals surface area (Å²) < 4.78 is 1.55. The Balaban J connectivity index is 2.32. The maximum absolute atomic E-state index is 3.83. The Hall–Kier alpha value is 0.530. The molecule has 0 heterocycles. The van der Waals surface area contributed by atoms with Crippen LogP contribution in [0, 0.1) is 0 Å². The van der Waals surface area contributed by atoms with Gasteiger partial charge in [-0.15, -0.1) is 0 Å². The maximum atomic E-state index is 3.83. The third-order valence-corrected chi connectivity index (χ3v) is 4.66. The standard InChI is InChI=1S/C11H20BrNS/c1-10(12)8-13-9-11(14-2)6-4-3-5-7-11/h13H,1,3-9H2,2H3. The second-order valence-electron chi connectivity index (χ2n) is 4.07. The molecule has 0 aromatic rings. The average molecular weight is 278 g/mol. The van der Waals surface area contributed by atoms with E-state index in [-0.39, 0.29) is 0 Å². The molecule has 1 saturated carbocycles. The lowest BCUT2D eigenvalue weighted by molar-refractivity contribution is 0.384. The van der Waals surface area contributed by atoms with Crippen LogP contribution in [0.25, 0.3) is 0 Å². The Morgan fingerprint density at radius 2 is 2.07 bits per heavy atom. The van der Waals surface area contributed by atoms with Crippen LogP contribution in [-0.4, -0.2) is 24.1 Å². The SMILES string of the molecule is C=C(Br)CNCC1(SC)CCCCC1. The summed E-state index contributed by atoms with van der Waals surface area (Å²) >= 11 is 5.41. The first-order valence-corrected chi connectivity index (χ1v) is 7.29. The molecular weight excluding hydrogens is 258 g/mol. The summed E-state index contributed by atoms with van der Waals surface area (Å²) in [4.78, 5) is 0. The minimum absolute atomic E-state index is 0.501. The van der Waals surface area contributed by atoms with Gasteiger partial charge in [-0.2, -0.15) is 11.8 Å². The first-order chi connectivity index (χ1) is 6.68. The Kier molecular flexibility index (Phi) is 5.57. The third-order valence-electron chi connectivity index (χ3n) is 2.96. The van der Waals surface area contributed by atoms with Gasteiger partial charge < -0.3 is 5.32 Å². The molecule has 0 atom stereocenters. The van der Waals surface area contributed by atoms with Crippen molar-refractivity contribution in [2.45, 2.75) is 36.9 Å². The molecule has 1 aliphatic rings. The molecule has 1 N–H and O–H groups in total. The molecule has 1 rings (SSSR count). The fourth-order valence-electron chi connectivity index (χ4n) is 2.08. The van der Waals surface area contributed by atoms with Crippen molar-refractivity contribution < 1.29 is 0 Å². The molecule has 0 aromatic heterocycles. The van der Waals surface area contributed by atoms with Crippen LogP contribution in [0.3, 0.4) is 0 Å². The van der Waals surface area contributed by atoms with E-state index in [1.54, 1.807) is 0 Å². The fraction of sp³-hybridized carbons (Fsp3) is 0.818. The van der Waals surface area contributed by atoms with Crippen molar-refractivity contribution >= 4 is 27.7 Å². The Morgan fingerprint density at radius 1 is 1.43 bits per heavy atom. The molecule has 0 radical (unpaired) electrons. The summed E-state index contributed by atoms with van der Waals surface area (Å²) in [7, 11) is 0. The lowest BCUT2D eigenvalue weighted by Gasteiger charge is -2.36. The van der Waals surface area contributed by atoms with Crippen molar-refractivity contribution in [2.24, 2.45) is 0 Å². The summed E-state index contributed by atoms with van der Waals surface area (Å²) in [6.45, 7) is 5.85. The fourth-order valence-corrected chi connectivity index (χ4v) is 3.22. The van der Waals surface area contributed by atoms with Gasteiger partial charge in [0.1, 0.15) is 0 Å². The maximum Gasteiger partial charge on any atom is 0.0281 e. The van der Waals surface area contributed by atoms with Crippen LogP contribution in [-0.2, 0) is 0 Å². The number of thioether (sulfide) groups is 1. The molecule has 0 unspecified atom stereocenters. The molecular formula is C11H20BrNS. The monoisotopic (exact) mass is 277 g/mol. The van der Waals surface area contributed by atoms with E-state index < -0.39 is 0 Å². The van der Waals surface area contributed by atoms with Crippen molar-refractivity contribution in [1.29, 1.82) is 0 Å². The van der Waals surface area contributed by atoms with E-state index in [0.29, 0.717) is 4.75 Å². The van der Waals surface area contributed by atoms with Crippen molar-refractivity contribution in [3.63, 3.8) is 0 Å². The molecule has 0 spiro atoms. The summed E-state index contributed by atoms with van der Waals surface area (Å²) in [5, 5.41) is 3.48. The summed E-state index contributed by atoms with van der Waals surface area (Å²) in [5.41, 5.74) is 0. The van der Waals surface area contributed by atoms with Crippen molar-refractivity contribution in [1.82, 2.24) is 5.32 Å². The number of nitrogens with one attached hydrogen (secondary N) is 1. The molecule has 82 valence electrons. The first-order valence-electron chi connectivity index (χ1n) is 5.28. The largest absolute Gasteiger partial charge is 0.311 e. The van der Waals surface area contributed by atoms with Gasteiger partial charge in [0.05, 0.1) is 0 Å². The normalized spacial score (nSPS) is 20.7. The highest BCUT2D eigenvalue weighted by Gasteiger charge is 2.30. The molecule has 1 fully saturated rings. The Labute approximate surface area is 100 Å². The molecule has 0 amide bonds. The van der Waals surface area contributed by atoms with E-state index in [2.05, 4.69) is 34.1 Å². The Bertz CT molecular complexity index is 188. The van der Waals surface area contributed by atoms with Crippen LogP contribution in [0.5, 0.6) is 0 Å². The van der Waals surface area contributed by atoms with E-state index in [1.807, 2.05) is 11.8 Å². The zero-order chi connectivity index (χ0) is 10.4. The number of hydrogen-bond acceptors (Lipinski definition) is 2. The van der Waals surface area contributed by atoms with Crippen molar-refractivity contribution in [2.75, 3.05) is 19.3 Å². The van der Waals surface area contributed by atoms with Crippen molar-refractivity contribution in [3.05, 3.63) is 11.1 Å². The molecule has 1 aliphatic carbocycles. The van der Waals surface area contributed by atoms with E-state index in [0.717, 1.165) is 17.6 Å². The smallest absolute Gasteiger partial charge is 0.0281 e. The van der Waals surface area contributed by atoms with E-state index in [1.165, 1.54) is 32.1 Å². The molecule has 0 aliphatic heterocycles. The van der Waals surface area contributed by atoms with Crippen LogP contribution >= 0.6 is 27.7 Å². The van der Waals surface area contributed by atoms with Crippen LogP contribution in [0.2, 0.25) is 0 Å². The van der Waals surface area contributed by atoms with Gasteiger partial charge in [-0.25, -0.2) is 0 Å². The lowest BCUT2D eigenvalue weighted by atomic mass is 9.88. The lowest BCUT2D eigenvalue weighted by Crippen LogP contribution is -2.39. The molecule has 0 saturated heterocycles. The quantitative estimate of drug-likeness (QED) is 0.825. The average Bonchev–Trinajstić information content (AvgIpc) is 2.19. The van der Waals surface area contributed by atoms with Gasteiger partial charge in [0.15, 0.2) is 0 Å². The number of rotatable bonds is 5. The summed E-state index contributed by atoms with van der Waals surface area (Å²) in [5.74, 6) is 0. The molecule has 3 heteroatoms. The zero-order valence-electron chi connectivity index (χ0n) is 8.94. The van der Waals surface area contributed by atoms with E-state index in [4.69, 9.17) is 0 Å². The van der Waals surface area contributed by atoms with Crippen molar-refractivity contribution in [3.8, 4) is 0 Å². The molecule has 0 aromatic carbocycles. The minimum atomic E-state index is 0.501. The zero-order valence-corrected chi connectivity index (χ0v) is 11.3.